The lowest BCUT2D eigenvalue weighted by Crippen LogP contribution is -2.28. The second-order valence-corrected chi connectivity index (χ2v) is 4.37. The van der Waals surface area contributed by atoms with E-state index in [1.54, 1.807) is 22.9 Å². The second-order valence-electron chi connectivity index (χ2n) is 4.37. The lowest BCUT2D eigenvalue weighted by Gasteiger charge is -2.19. The van der Waals surface area contributed by atoms with Crippen molar-refractivity contribution < 1.29 is 9.32 Å². The van der Waals surface area contributed by atoms with Crippen LogP contribution in [0.2, 0.25) is 0 Å². The average molecular weight is 244 g/mol. The second kappa shape index (κ2) is 4.25. The maximum Gasteiger partial charge on any atom is 0.251 e. The Morgan fingerprint density at radius 2 is 2.11 bits per heavy atom. The predicted molar refractivity (Wildman–Crippen MR) is 63.6 cm³/mol. The molecule has 0 amide bonds. The molecule has 0 spiro atoms. The van der Waals surface area contributed by atoms with Gasteiger partial charge in [0, 0.05) is 29.8 Å². The minimum Gasteiger partial charge on any atom is -0.359 e. The summed E-state index contributed by atoms with van der Waals surface area (Å²) in [5.41, 5.74) is 1.37. The van der Waals surface area contributed by atoms with Gasteiger partial charge in [-0.05, 0) is 18.9 Å². The van der Waals surface area contributed by atoms with E-state index in [9.17, 15) is 9.59 Å². The van der Waals surface area contributed by atoms with Crippen molar-refractivity contribution in [2.24, 2.45) is 0 Å². The Bertz CT molecular complexity index is 641. The number of ketones is 1. The molecule has 0 aliphatic heterocycles. The van der Waals surface area contributed by atoms with Gasteiger partial charge in [0.25, 0.3) is 5.56 Å². The van der Waals surface area contributed by atoms with Crippen molar-refractivity contribution in [3.63, 3.8) is 0 Å². The van der Waals surface area contributed by atoms with Crippen molar-refractivity contribution in [3.8, 4) is 0 Å². The highest BCUT2D eigenvalue weighted by molar-refractivity contribution is 5.97. The van der Waals surface area contributed by atoms with Crippen LogP contribution in [0.1, 0.15) is 34.7 Å². The molecular formula is C13H12N2O3. The van der Waals surface area contributed by atoms with E-state index in [-0.39, 0.29) is 11.3 Å². The van der Waals surface area contributed by atoms with Crippen LogP contribution in [0.15, 0.2) is 33.7 Å². The topological polar surface area (TPSA) is 65.1 Å². The molecule has 0 aromatic carbocycles. The molecule has 0 atom stereocenters. The first-order chi connectivity index (χ1) is 8.75. The molecular weight excluding hydrogens is 232 g/mol. The van der Waals surface area contributed by atoms with Crippen LogP contribution in [0.4, 0.5) is 0 Å². The average Bonchev–Trinajstić information content (AvgIpc) is 2.86. The number of hydrogen-bond donors (Lipinski definition) is 0. The smallest absolute Gasteiger partial charge is 0.251 e. The van der Waals surface area contributed by atoms with Gasteiger partial charge in [-0.2, -0.15) is 0 Å². The van der Waals surface area contributed by atoms with Crippen molar-refractivity contribution >= 4 is 5.78 Å². The normalized spacial score (nSPS) is 14.6. The van der Waals surface area contributed by atoms with Gasteiger partial charge in [0.2, 0.25) is 0 Å². The van der Waals surface area contributed by atoms with Gasteiger partial charge in [-0.15, -0.1) is 0 Å². The van der Waals surface area contributed by atoms with Gasteiger partial charge in [-0.3, -0.25) is 9.59 Å². The molecule has 1 aliphatic carbocycles. The van der Waals surface area contributed by atoms with E-state index in [4.69, 9.17) is 4.52 Å². The third kappa shape index (κ3) is 1.77. The monoisotopic (exact) mass is 244 g/mol. The first-order valence-electron chi connectivity index (χ1n) is 5.91. The first kappa shape index (κ1) is 11.0. The molecule has 3 rings (SSSR count). The zero-order valence-corrected chi connectivity index (χ0v) is 9.76. The molecule has 2 aromatic rings. The Kier molecular flexibility index (Phi) is 2.59. The predicted octanol–water partition coefficient (Wildman–Crippen LogP) is 1.40. The fourth-order valence-corrected chi connectivity index (χ4v) is 2.35. The van der Waals surface area contributed by atoms with Gasteiger partial charge in [-0.1, -0.05) is 5.16 Å². The van der Waals surface area contributed by atoms with Crippen molar-refractivity contribution in [1.29, 1.82) is 0 Å². The molecule has 2 aromatic heterocycles. The van der Waals surface area contributed by atoms with Crippen LogP contribution in [-0.2, 0) is 13.0 Å². The fourth-order valence-electron chi connectivity index (χ4n) is 2.35. The Morgan fingerprint density at radius 3 is 2.89 bits per heavy atom. The molecule has 5 heteroatoms. The van der Waals surface area contributed by atoms with Crippen LogP contribution in [0.25, 0.3) is 0 Å². The molecule has 0 radical (unpaired) electrons. The molecule has 0 N–H and O–H groups in total. The van der Waals surface area contributed by atoms with E-state index in [2.05, 4.69) is 5.16 Å². The van der Waals surface area contributed by atoms with Crippen LogP contribution >= 0.6 is 0 Å². The van der Waals surface area contributed by atoms with Crippen LogP contribution in [0.3, 0.4) is 0 Å². The Labute approximate surface area is 103 Å². The summed E-state index contributed by atoms with van der Waals surface area (Å²) in [6, 6.07) is 4.80. The summed E-state index contributed by atoms with van der Waals surface area (Å²) in [5.74, 6) is 0.728. The summed E-state index contributed by atoms with van der Waals surface area (Å²) in [4.78, 5) is 23.7. The van der Waals surface area contributed by atoms with E-state index in [1.165, 1.54) is 6.07 Å². The number of hydrogen-bond acceptors (Lipinski definition) is 4. The molecule has 92 valence electrons. The van der Waals surface area contributed by atoms with Gasteiger partial charge in [-0.25, -0.2) is 0 Å². The van der Waals surface area contributed by atoms with Gasteiger partial charge >= 0.3 is 0 Å². The Morgan fingerprint density at radius 1 is 1.22 bits per heavy atom. The van der Waals surface area contributed by atoms with Crippen molar-refractivity contribution in [3.05, 3.63) is 51.8 Å². The van der Waals surface area contributed by atoms with E-state index < -0.39 is 0 Å². The van der Waals surface area contributed by atoms with Crippen LogP contribution in [0.5, 0.6) is 0 Å². The molecule has 0 saturated heterocycles. The maximum absolute atomic E-state index is 11.9. The number of pyridine rings is 1. The zero-order chi connectivity index (χ0) is 12.5. The fraction of sp³-hybridized carbons (Fsp3) is 0.308. The molecule has 0 unspecified atom stereocenters. The molecule has 0 bridgehead atoms. The lowest BCUT2D eigenvalue weighted by atomic mass is 9.94. The van der Waals surface area contributed by atoms with Crippen LogP contribution in [0, 0.1) is 0 Å². The highest BCUT2D eigenvalue weighted by atomic mass is 16.5. The first-order valence-corrected chi connectivity index (χ1v) is 5.91. The summed E-state index contributed by atoms with van der Waals surface area (Å²) in [7, 11) is 0. The van der Waals surface area contributed by atoms with Gasteiger partial charge in [0.15, 0.2) is 11.5 Å². The summed E-state index contributed by atoms with van der Waals surface area (Å²) < 4.78 is 6.62. The highest BCUT2D eigenvalue weighted by Crippen LogP contribution is 2.20. The minimum atomic E-state index is -0.111. The van der Waals surface area contributed by atoms with E-state index in [1.807, 2.05) is 0 Å². The SMILES string of the molecule is O=C1CCCc2c1ccc(=O)n2Cc1ccno1. The van der Waals surface area contributed by atoms with Crippen molar-refractivity contribution in [2.75, 3.05) is 0 Å². The lowest BCUT2D eigenvalue weighted by molar-refractivity contribution is 0.0970. The number of aromatic nitrogens is 2. The summed E-state index contributed by atoms with van der Waals surface area (Å²) >= 11 is 0. The third-order valence-electron chi connectivity index (χ3n) is 3.22. The number of fused-ring (bicyclic) bond motifs is 1. The Balaban J connectivity index is 2.10. The maximum atomic E-state index is 11.9. The van der Waals surface area contributed by atoms with Gasteiger partial charge in [0.05, 0.1) is 12.7 Å². The Hall–Kier alpha value is -2.17. The zero-order valence-electron chi connectivity index (χ0n) is 9.76. The summed E-state index contributed by atoms with van der Waals surface area (Å²) in [6.07, 6.45) is 3.66. The highest BCUT2D eigenvalue weighted by Gasteiger charge is 2.21. The molecule has 2 heterocycles. The van der Waals surface area contributed by atoms with Crippen LogP contribution in [-0.4, -0.2) is 15.5 Å². The third-order valence-corrected chi connectivity index (χ3v) is 3.22. The van der Waals surface area contributed by atoms with Crippen molar-refractivity contribution in [2.45, 2.75) is 25.8 Å². The van der Waals surface area contributed by atoms with Gasteiger partial charge < -0.3 is 9.09 Å². The molecule has 18 heavy (non-hydrogen) atoms. The number of Topliss-reactive ketones (excluding diaryl/α,β-unsaturated/α-hetero) is 1. The van der Waals surface area contributed by atoms with Gasteiger partial charge in [0.1, 0.15) is 0 Å². The number of rotatable bonds is 2. The number of carbonyl (C=O) groups is 1. The van der Waals surface area contributed by atoms with E-state index in [0.717, 1.165) is 18.5 Å². The minimum absolute atomic E-state index is 0.111. The standard InChI is InChI=1S/C13H12N2O3/c16-12-3-1-2-11-10(12)4-5-13(17)15(11)8-9-6-7-14-18-9/h4-7H,1-3,8H2. The molecule has 1 aliphatic rings. The van der Waals surface area contributed by atoms with Crippen LogP contribution < -0.4 is 5.56 Å². The molecule has 5 nitrogen and oxygen atoms in total. The number of carbonyl (C=O) groups excluding carboxylic acids is 1. The largest absolute Gasteiger partial charge is 0.359 e. The quantitative estimate of drug-likeness (QED) is 0.801. The number of nitrogens with zero attached hydrogens (tertiary/aromatic N) is 2. The van der Waals surface area contributed by atoms with E-state index >= 15 is 0 Å². The molecule has 0 fully saturated rings. The van der Waals surface area contributed by atoms with Crippen molar-refractivity contribution in [1.82, 2.24) is 9.72 Å². The summed E-state index contributed by atoms with van der Waals surface area (Å²) in [5, 5.41) is 3.62. The molecule has 0 saturated carbocycles. The summed E-state index contributed by atoms with van der Waals surface area (Å²) in [6.45, 7) is 0.329. The van der Waals surface area contributed by atoms with E-state index in [0.29, 0.717) is 24.3 Å².